The summed E-state index contributed by atoms with van der Waals surface area (Å²) in [5.41, 5.74) is 1.29. The second kappa shape index (κ2) is 8.24. The minimum Gasteiger partial charge on any atom is -0.457 e. The van der Waals surface area contributed by atoms with E-state index in [2.05, 4.69) is 11.1 Å². The van der Waals surface area contributed by atoms with E-state index < -0.39 is 0 Å². The van der Waals surface area contributed by atoms with Crippen molar-refractivity contribution < 1.29 is 9.53 Å². The van der Waals surface area contributed by atoms with Crippen LogP contribution in [0.15, 0.2) is 60.0 Å². The normalized spacial score (nSPS) is 16.0. The number of ether oxygens (including phenoxy) is 1. The average molecular weight is 388 g/mol. The van der Waals surface area contributed by atoms with Gasteiger partial charge in [-0.15, -0.1) is 11.3 Å². The molecule has 3 aromatic rings. The average Bonchev–Trinajstić information content (AvgIpc) is 3.39. The zero-order valence-electron chi connectivity index (χ0n) is 15.1. The Morgan fingerprint density at radius 2 is 2.00 bits per heavy atom. The molecule has 0 aliphatic carbocycles. The molecule has 2 heterocycles. The van der Waals surface area contributed by atoms with Gasteiger partial charge in [-0.3, -0.25) is 4.79 Å². The van der Waals surface area contributed by atoms with Crippen LogP contribution < -0.4 is 4.74 Å². The zero-order valence-corrected chi connectivity index (χ0v) is 15.9. The van der Waals surface area contributed by atoms with E-state index in [1.807, 2.05) is 54.6 Å². The number of likely N-dealkylation sites (tertiary alicyclic amines) is 1. The summed E-state index contributed by atoms with van der Waals surface area (Å²) >= 11 is 1.43. The molecule has 1 aromatic heterocycles. The van der Waals surface area contributed by atoms with Crippen molar-refractivity contribution in [1.29, 1.82) is 5.26 Å². The summed E-state index contributed by atoms with van der Waals surface area (Å²) in [4.78, 5) is 19.1. The van der Waals surface area contributed by atoms with Crippen LogP contribution in [0.3, 0.4) is 0 Å². The number of benzene rings is 2. The number of hydrogen-bond donors (Lipinski definition) is 0. The van der Waals surface area contributed by atoms with Gasteiger partial charge in [0, 0.05) is 18.5 Å². The Balaban J connectivity index is 1.54. The fraction of sp³-hybridized carbons (Fsp3) is 0.182. The van der Waals surface area contributed by atoms with Crippen molar-refractivity contribution in [3.05, 3.63) is 72.1 Å². The maximum absolute atomic E-state index is 12.8. The summed E-state index contributed by atoms with van der Waals surface area (Å²) < 4.78 is 6.01. The first-order valence-electron chi connectivity index (χ1n) is 9.04. The SMILES string of the molecule is N#C[CH][C@@H]1CCN(C(=O)c2csc(-c3ccccc3Oc3ccccc3)n2)C1. The quantitative estimate of drug-likeness (QED) is 0.630. The van der Waals surface area contributed by atoms with Crippen LogP contribution >= 0.6 is 11.3 Å². The molecule has 1 atom stereocenters. The maximum Gasteiger partial charge on any atom is 0.273 e. The Kier molecular flexibility index (Phi) is 5.36. The number of thiazole rings is 1. The molecule has 0 unspecified atom stereocenters. The molecule has 1 saturated heterocycles. The number of para-hydroxylation sites is 2. The lowest BCUT2D eigenvalue weighted by Crippen LogP contribution is -2.28. The number of hydrogen-bond acceptors (Lipinski definition) is 5. The Labute approximate surface area is 167 Å². The number of carbonyl (C=O) groups is 1. The van der Waals surface area contributed by atoms with E-state index in [-0.39, 0.29) is 11.8 Å². The van der Waals surface area contributed by atoms with E-state index in [0.717, 1.165) is 22.7 Å². The number of rotatable bonds is 5. The molecule has 1 radical (unpaired) electrons. The number of nitrogens with zero attached hydrogens (tertiary/aromatic N) is 3. The highest BCUT2D eigenvalue weighted by Gasteiger charge is 2.28. The maximum atomic E-state index is 12.8. The zero-order chi connectivity index (χ0) is 19.3. The van der Waals surface area contributed by atoms with Crippen LogP contribution in [0.4, 0.5) is 0 Å². The van der Waals surface area contributed by atoms with Crippen LogP contribution in [0.25, 0.3) is 10.6 Å². The van der Waals surface area contributed by atoms with Crippen molar-refractivity contribution in [1.82, 2.24) is 9.88 Å². The second-order valence-corrected chi connectivity index (χ2v) is 7.40. The van der Waals surface area contributed by atoms with Gasteiger partial charge in [0.2, 0.25) is 0 Å². The molecule has 1 aliphatic heterocycles. The van der Waals surface area contributed by atoms with Gasteiger partial charge >= 0.3 is 0 Å². The lowest BCUT2D eigenvalue weighted by Gasteiger charge is -2.14. The highest BCUT2D eigenvalue weighted by Crippen LogP contribution is 2.35. The molecule has 28 heavy (non-hydrogen) atoms. The molecular formula is C22H18N3O2S. The summed E-state index contributed by atoms with van der Waals surface area (Å²) in [6.45, 7) is 1.23. The summed E-state index contributed by atoms with van der Waals surface area (Å²) in [5.74, 6) is 1.51. The molecular weight excluding hydrogens is 370 g/mol. The number of aromatic nitrogens is 1. The van der Waals surface area contributed by atoms with Crippen molar-refractivity contribution in [2.75, 3.05) is 13.1 Å². The van der Waals surface area contributed by atoms with Crippen molar-refractivity contribution in [2.45, 2.75) is 6.42 Å². The minimum atomic E-state index is -0.0854. The molecule has 2 aromatic carbocycles. The standard InChI is InChI=1S/C22H18N3O2S/c23-12-10-16-11-13-25(14-16)22(26)19-15-28-21(24-19)18-8-4-5-9-20(18)27-17-6-2-1-3-7-17/h1-10,15-16H,11,13-14H2/t16-/m1/s1. The number of amides is 1. The van der Waals surface area contributed by atoms with E-state index in [9.17, 15) is 4.79 Å². The largest absolute Gasteiger partial charge is 0.457 e. The third-order valence-corrected chi connectivity index (χ3v) is 5.51. The van der Waals surface area contributed by atoms with Gasteiger partial charge in [0.25, 0.3) is 5.91 Å². The van der Waals surface area contributed by atoms with Crippen LogP contribution in [0, 0.1) is 23.7 Å². The Hall–Kier alpha value is -3.17. The van der Waals surface area contributed by atoms with Gasteiger partial charge in [0.1, 0.15) is 22.2 Å². The topological polar surface area (TPSA) is 66.2 Å². The second-order valence-electron chi connectivity index (χ2n) is 6.54. The van der Waals surface area contributed by atoms with Crippen LogP contribution in [-0.2, 0) is 0 Å². The molecule has 1 fully saturated rings. The minimum absolute atomic E-state index is 0.0854. The fourth-order valence-electron chi connectivity index (χ4n) is 3.22. The van der Waals surface area contributed by atoms with Gasteiger partial charge in [0.05, 0.1) is 18.1 Å². The Morgan fingerprint density at radius 1 is 1.21 bits per heavy atom. The van der Waals surface area contributed by atoms with Crippen molar-refractivity contribution in [3.63, 3.8) is 0 Å². The molecule has 1 aliphatic rings. The highest BCUT2D eigenvalue weighted by molar-refractivity contribution is 7.13. The third-order valence-electron chi connectivity index (χ3n) is 4.63. The van der Waals surface area contributed by atoms with Gasteiger partial charge in [-0.1, -0.05) is 30.3 Å². The Bertz CT molecular complexity index is 1010. The van der Waals surface area contributed by atoms with Crippen molar-refractivity contribution in [3.8, 4) is 28.1 Å². The van der Waals surface area contributed by atoms with Crippen LogP contribution in [0.5, 0.6) is 11.5 Å². The first-order chi connectivity index (χ1) is 13.7. The first kappa shape index (κ1) is 18.2. The molecule has 139 valence electrons. The predicted octanol–water partition coefficient (Wildman–Crippen LogP) is 4.79. The molecule has 0 N–H and O–H groups in total. The van der Waals surface area contributed by atoms with Gasteiger partial charge in [-0.25, -0.2) is 4.98 Å². The fourth-order valence-corrected chi connectivity index (χ4v) is 4.04. The van der Waals surface area contributed by atoms with Crippen molar-refractivity contribution in [2.24, 2.45) is 5.92 Å². The number of nitriles is 1. The van der Waals surface area contributed by atoms with Crippen LogP contribution in [0.2, 0.25) is 0 Å². The molecule has 6 heteroatoms. The summed E-state index contributed by atoms with van der Waals surface area (Å²) in [7, 11) is 0. The summed E-state index contributed by atoms with van der Waals surface area (Å²) in [5, 5.41) is 11.3. The van der Waals surface area contributed by atoms with Crippen molar-refractivity contribution >= 4 is 17.2 Å². The molecule has 0 saturated carbocycles. The van der Waals surface area contributed by atoms with Gasteiger partial charge in [-0.2, -0.15) is 5.26 Å². The monoisotopic (exact) mass is 388 g/mol. The summed E-state index contributed by atoms with van der Waals surface area (Å²) in [6.07, 6.45) is 2.43. The lowest BCUT2D eigenvalue weighted by atomic mass is 10.1. The molecule has 0 bridgehead atoms. The molecule has 0 spiro atoms. The third kappa shape index (κ3) is 3.90. The van der Waals surface area contributed by atoms with E-state index >= 15 is 0 Å². The van der Waals surface area contributed by atoms with Gasteiger partial charge < -0.3 is 9.64 Å². The van der Waals surface area contributed by atoms with E-state index in [1.165, 1.54) is 11.3 Å². The first-order valence-corrected chi connectivity index (χ1v) is 9.92. The van der Waals surface area contributed by atoms with E-state index in [1.54, 1.807) is 16.7 Å². The summed E-state index contributed by atoms with van der Waals surface area (Å²) in [6, 6.07) is 19.3. The van der Waals surface area contributed by atoms with Gasteiger partial charge in [0.15, 0.2) is 0 Å². The molecule has 1 amide bonds. The van der Waals surface area contributed by atoms with E-state index in [4.69, 9.17) is 10.00 Å². The smallest absolute Gasteiger partial charge is 0.273 e. The number of carbonyl (C=O) groups excluding carboxylic acids is 1. The lowest BCUT2D eigenvalue weighted by molar-refractivity contribution is 0.0784. The van der Waals surface area contributed by atoms with Crippen LogP contribution in [0.1, 0.15) is 16.9 Å². The predicted molar refractivity (Wildman–Crippen MR) is 108 cm³/mol. The highest BCUT2D eigenvalue weighted by atomic mass is 32.1. The van der Waals surface area contributed by atoms with Gasteiger partial charge in [-0.05, 0) is 36.6 Å². The Morgan fingerprint density at radius 3 is 2.82 bits per heavy atom. The van der Waals surface area contributed by atoms with E-state index in [0.29, 0.717) is 24.5 Å². The van der Waals surface area contributed by atoms with Crippen LogP contribution in [-0.4, -0.2) is 28.9 Å². The molecule has 4 rings (SSSR count). The molecule has 5 nitrogen and oxygen atoms in total.